The zero-order valence-corrected chi connectivity index (χ0v) is 15.8. The second kappa shape index (κ2) is 9.54. The van der Waals surface area contributed by atoms with Crippen LogP contribution in [0.1, 0.15) is 44.7 Å². The summed E-state index contributed by atoms with van der Waals surface area (Å²) in [4.78, 5) is 2.60. The lowest BCUT2D eigenvalue weighted by Crippen LogP contribution is -2.24. The van der Waals surface area contributed by atoms with E-state index in [9.17, 15) is 0 Å². The van der Waals surface area contributed by atoms with E-state index in [4.69, 9.17) is 11.6 Å². The minimum absolute atomic E-state index is 0.520. The third kappa shape index (κ3) is 7.13. The van der Waals surface area contributed by atoms with Crippen LogP contribution in [0.2, 0.25) is 5.02 Å². The van der Waals surface area contributed by atoms with E-state index in [1.54, 1.807) is 0 Å². The van der Waals surface area contributed by atoms with Crippen LogP contribution in [0.25, 0.3) is 0 Å². The molecule has 0 aromatic heterocycles. The lowest BCUT2D eigenvalue weighted by Gasteiger charge is -2.19. The Kier molecular flexibility index (Phi) is 8.45. The molecule has 2 nitrogen and oxygen atoms in total. The third-order valence-corrected chi connectivity index (χ3v) is 4.58. The van der Waals surface area contributed by atoms with E-state index in [1.807, 2.05) is 13.1 Å². The highest BCUT2D eigenvalue weighted by Gasteiger charge is 2.28. The Labute approximate surface area is 142 Å². The minimum Gasteiger partial charge on any atom is -0.320 e. The average molecular weight is 325 g/mol. The van der Waals surface area contributed by atoms with Crippen molar-refractivity contribution in [1.82, 2.24) is 10.2 Å². The minimum atomic E-state index is 0.520. The number of benzene rings is 1. The summed E-state index contributed by atoms with van der Waals surface area (Å²) in [5.74, 6) is 0. The Morgan fingerprint density at radius 3 is 2.55 bits per heavy atom. The normalized spacial score (nSPS) is 17.2. The van der Waals surface area contributed by atoms with Gasteiger partial charge in [0.15, 0.2) is 0 Å². The predicted octanol–water partition coefficient (Wildman–Crippen LogP) is 4.54. The highest BCUT2D eigenvalue weighted by Crippen LogP contribution is 2.28. The highest BCUT2D eigenvalue weighted by atomic mass is 35.5. The molecule has 3 heteroatoms. The molecule has 0 bridgehead atoms. The number of rotatable bonds is 5. The molecule has 1 heterocycles. The first-order chi connectivity index (χ1) is 10.4. The van der Waals surface area contributed by atoms with E-state index in [0.29, 0.717) is 5.41 Å². The van der Waals surface area contributed by atoms with Gasteiger partial charge in [0.05, 0.1) is 0 Å². The summed E-state index contributed by atoms with van der Waals surface area (Å²) >= 11 is 6.05. The molecule has 1 aromatic carbocycles. The van der Waals surface area contributed by atoms with Crippen LogP contribution in [0.15, 0.2) is 18.2 Å². The zero-order valence-electron chi connectivity index (χ0n) is 15.0. The molecule has 0 unspecified atom stereocenters. The SMILES string of the molecule is CCNC.Cc1ccc(Cl)cc1CCCN1CCC(C)(C)C1. The summed E-state index contributed by atoms with van der Waals surface area (Å²) in [6.07, 6.45) is 3.71. The van der Waals surface area contributed by atoms with Gasteiger partial charge in [0.25, 0.3) is 0 Å². The Morgan fingerprint density at radius 1 is 1.32 bits per heavy atom. The number of nitrogens with one attached hydrogen (secondary N) is 1. The molecule has 22 heavy (non-hydrogen) atoms. The summed E-state index contributed by atoms with van der Waals surface area (Å²) in [7, 11) is 1.93. The van der Waals surface area contributed by atoms with Crippen LogP contribution >= 0.6 is 11.6 Å². The molecular formula is C19H33ClN2. The molecule has 0 aliphatic carbocycles. The van der Waals surface area contributed by atoms with E-state index in [-0.39, 0.29) is 0 Å². The van der Waals surface area contributed by atoms with Crippen LogP contribution in [0.4, 0.5) is 0 Å². The number of nitrogens with zero attached hydrogens (tertiary/aromatic N) is 1. The monoisotopic (exact) mass is 324 g/mol. The first-order valence-electron chi connectivity index (χ1n) is 8.50. The van der Waals surface area contributed by atoms with Gasteiger partial charge in [0.1, 0.15) is 0 Å². The van der Waals surface area contributed by atoms with Crippen molar-refractivity contribution in [3.8, 4) is 0 Å². The van der Waals surface area contributed by atoms with Crippen molar-refractivity contribution in [2.75, 3.05) is 33.2 Å². The van der Waals surface area contributed by atoms with Crippen LogP contribution < -0.4 is 5.32 Å². The van der Waals surface area contributed by atoms with Crippen LogP contribution in [0, 0.1) is 12.3 Å². The summed E-state index contributed by atoms with van der Waals surface area (Å²) in [6.45, 7) is 13.8. The Hall–Kier alpha value is -0.570. The first kappa shape index (κ1) is 19.5. The standard InChI is InChI=1S/C16H24ClN.C3H9N/c1-13-6-7-15(17)11-14(13)5-4-9-18-10-8-16(2,3)12-18;1-3-4-2/h6-7,11H,4-5,8-10,12H2,1-3H3;4H,3H2,1-2H3. The second-order valence-corrected chi connectivity index (χ2v) is 7.51. The Balaban J connectivity index is 0.000000541. The predicted molar refractivity (Wildman–Crippen MR) is 98.9 cm³/mol. The summed E-state index contributed by atoms with van der Waals surface area (Å²) in [6, 6.07) is 6.21. The van der Waals surface area contributed by atoms with Gasteiger partial charge in [-0.2, -0.15) is 0 Å². The van der Waals surface area contributed by atoms with Crippen LogP contribution in [0.5, 0.6) is 0 Å². The van der Waals surface area contributed by atoms with Crippen molar-refractivity contribution in [2.45, 2.75) is 47.0 Å². The van der Waals surface area contributed by atoms with Crippen molar-refractivity contribution >= 4 is 11.6 Å². The third-order valence-electron chi connectivity index (χ3n) is 4.34. The van der Waals surface area contributed by atoms with E-state index < -0.39 is 0 Å². The molecule has 0 atom stereocenters. The lowest BCUT2D eigenvalue weighted by molar-refractivity contribution is 0.288. The molecule has 1 aliphatic heterocycles. The molecule has 1 saturated heterocycles. The van der Waals surface area contributed by atoms with Gasteiger partial charge >= 0.3 is 0 Å². The molecule has 0 saturated carbocycles. The molecule has 0 spiro atoms. The van der Waals surface area contributed by atoms with Crippen molar-refractivity contribution in [1.29, 1.82) is 0 Å². The van der Waals surface area contributed by atoms with Crippen molar-refractivity contribution in [3.05, 3.63) is 34.3 Å². The molecule has 1 N–H and O–H groups in total. The van der Waals surface area contributed by atoms with Crippen molar-refractivity contribution in [3.63, 3.8) is 0 Å². The zero-order chi connectivity index (χ0) is 16.6. The largest absolute Gasteiger partial charge is 0.320 e. The molecular weight excluding hydrogens is 292 g/mol. The van der Waals surface area contributed by atoms with Gasteiger partial charge in [0, 0.05) is 11.6 Å². The number of hydrogen-bond acceptors (Lipinski definition) is 2. The fourth-order valence-corrected chi connectivity index (χ4v) is 3.01. The summed E-state index contributed by atoms with van der Waals surface area (Å²) in [5.41, 5.74) is 3.29. The first-order valence-corrected chi connectivity index (χ1v) is 8.87. The van der Waals surface area contributed by atoms with Gasteiger partial charge in [0.2, 0.25) is 0 Å². The molecule has 126 valence electrons. The van der Waals surface area contributed by atoms with Crippen LogP contribution in [-0.2, 0) is 6.42 Å². The number of halogens is 1. The fraction of sp³-hybridized carbons (Fsp3) is 0.684. The highest BCUT2D eigenvalue weighted by molar-refractivity contribution is 6.30. The van der Waals surface area contributed by atoms with Gasteiger partial charge in [-0.1, -0.05) is 38.4 Å². The number of aryl methyl sites for hydroxylation is 2. The van der Waals surface area contributed by atoms with Gasteiger partial charge in [-0.15, -0.1) is 0 Å². The average Bonchev–Trinajstić information content (AvgIpc) is 2.82. The quantitative estimate of drug-likeness (QED) is 0.855. The maximum absolute atomic E-state index is 6.05. The molecule has 1 aliphatic rings. The number of likely N-dealkylation sites (tertiary alicyclic amines) is 1. The Bertz CT molecular complexity index is 441. The number of hydrogen-bond donors (Lipinski definition) is 1. The molecule has 2 rings (SSSR count). The topological polar surface area (TPSA) is 15.3 Å². The van der Waals surface area contributed by atoms with E-state index in [0.717, 1.165) is 18.0 Å². The van der Waals surface area contributed by atoms with Crippen LogP contribution in [-0.4, -0.2) is 38.1 Å². The second-order valence-electron chi connectivity index (χ2n) is 7.07. The maximum Gasteiger partial charge on any atom is 0.0408 e. The molecule has 0 amide bonds. The molecule has 1 fully saturated rings. The van der Waals surface area contributed by atoms with Crippen LogP contribution in [0.3, 0.4) is 0 Å². The van der Waals surface area contributed by atoms with Gasteiger partial charge in [-0.25, -0.2) is 0 Å². The molecule has 1 aromatic rings. The summed E-state index contributed by atoms with van der Waals surface area (Å²) in [5, 5.41) is 3.79. The van der Waals surface area contributed by atoms with Crippen molar-refractivity contribution < 1.29 is 0 Å². The fourth-order valence-electron chi connectivity index (χ4n) is 2.82. The van der Waals surface area contributed by atoms with E-state index >= 15 is 0 Å². The van der Waals surface area contributed by atoms with Gasteiger partial charge < -0.3 is 10.2 Å². The lowest BCUT2D eigenvalue weighted by atomic mass is 9.93. The maximum atomic E-state index is 6.05. The van der Waals surface area contributed by atoms with Gasteiger partial charge in [-0.3, -0.25) is 0 Å². The van der Waals surface area contributed by atoms with E-state index in [2.05, 4.69) is 50.0 Å². The summed E-state index contributed by atoms with van der Waals surface area (Å²) < 4.78 is 0. The van der Waals surface area contributed by atoms with E-state index in [1.165, 1.54) is 43.6 Å². The molecule has 0 radical (unpaired) electrons. The smallest absolute Gasteiger partial charge is 0.0408 e. The Morgan fingerprint density at radius 2 is 2.00 bits per heavy atom. The van der Waals surface area contributed by atoms with Gasteiger partial charge in [-0.05, 0) is 81.5 Å². The van der Waals surface area contributed by atoms with Crippen molar-refractivity contribution in [2.24, 2.45) is 5.41 Å².